The molecule has 0 bridgehead atoms. The topological polar surface area (TPSA) is 52.6 Å². The summed E-state index contributed by atoms with van der Waals surface area (Å²) in [6.45, 7) is 0. The number of ether oxygens (including phenoxy) is 2. The fourth-order valence-electron chi connectivity index (χ4n) is 2.11. The van der Waals surface area contributed by atoms with Gasteiger partial charge in [-0.15, -0.1) is 0 Å². The van der Waals surface area contributed by atoms with E-state index in [4.69, 9.17) is 9.47 Å². The highest BCUT2D eigenvalue weighted by atomic mass is 16.5. The van der Waals surface area contributed by atoms with Crippen molar-refractivity contribution in [3.8, 4) is 0 Å². The number of rotatable bonds is 2. The van der Waals surface area contributed by atoms with Crippen LogP contribution in [0.1, 0.15) is 12.8 Å². The summed E-state index contributed by atoms with van der Waals surface area (Å²) in [5.41, 5.74) is 3.25. The molecule has 0 atom stereocenters. The Balaban J connectivity index is 2.21. The van der Waals surface area contributed by atoms with Gasteiger partial charge in [-0.3, -0.25) is 0 Å². The lowest BCUT2D eigenvalue weighted by molar-refractivity contribution is -0.136. The molecule has 20 heavy (non-hydrogen) atoms. The van der Waals surface area contributed by atoms with E-state index >= 15 is 0 Å². The average Bonchev–Trinajstić information content (AvgIpc) is 2.79. The summed E-state index contributed by atoms with van der Waals surface area (Å²) >= 11 is 0. The Kier molecular flexibility index (Phi) is 4.35. The van der Waals surface area contributed by atoms with Gasteiger partial charge in [-0.05, 0) is 30.6 Å². The molecule has 4 heteroatoms. The van der Waals surface area contributed by atoms with Crippen molar-refractivity contribution in [2.24, 2.45) is 0 Å². The first-order valence-electron chi connectivity index (χ1n) is 6.31. The molecule has 0 saturated carbocycles. The Morgan fingerprint density at radius 1 is 0.850 bits per heavy atom. The Morgan fingerprint density at radius 3 is 1.70 bits per heavy atom. The van der Waals surface area contributed by atoms with Crippen molar-refractivity contribution in [1.82, 2.24) is 0 Å². The van der Waals surface area contributed by atoms with Gasteiger partial charge in [0.15, 0.2) is 0 Å². The van der Waals surface area contributed by atoms with Gasteiger partial charge >= 0.3 is 11.9 Å². The quantitative estimate of drug-likeness (QED) is 0.724. The molecule has 2 aliphatic carbocycles. The number of carbonyl (C=O) groups is 2. The molecule has 2 rings (SSSR count). The van der Waals surface area contributed by atoms with E-state index in [1.165, 1.54) is 14.2 Å². The lowest BCUT2D eigenvalue weighted by atomic mass is 10.0. The number of carbonyl (C=O) groups excluding carboxylic acids is 2. The molecule has 0 spiro atoms. The Morgan fingerprint density at radius 2 is 1.30 bits per heavy atom. The summed E-state index contributed by atoms with van der Waals surface area (Å²) in [5, 5.41) is 0. The summed E-state index contributed by atoms with van der Waals surface area (Å²) in [7, 11) is 2.73. The van der Waals surface area contributed by atoms with Crippen molar-refractivity contribution in [2.45, 2.75) is 12.8 Å². The van der Waals surface area contributed by atoms with E-state index in [9.17, 15) is 9.59 Å². The molecule has 0 aromatic heterocycles. The molecule has 0 aromatic carbocycles. The lowest BCUT2D eigenvalue weighted by Crippen LogP contribution is -2.02. The third-order valence-corrected chi connectivity index (χ3v) is 3.27. The van der Waals surface area contributed by atoms with Crippen LogP contribution < -0.4 is 0 Å². The molecule has 0 aliphatic heterocycles. The maximum atomic E-state index is 11.5. The zero-order chi connectivity index (χ0) is 14.5. The van der Waals surface area contributed by atoms with E-state index in [1.54, 1.807) is 12.2 Å². The van der Waals surface area contributed by atoms with Gasteiger partial charge in [0.05, 0.1) is 25.4 Å². The summed E-state index contributed by atoms with van der Waals surface area (Å²) < 4.78 is 9.44. The van der Waals surface area contributed by atoms with Gasteiger partial charge in [0.2, 0.25) is 0 Å². The molecule has 4 nitrogen and oxygen atoms in total. The van der Waals surface area contributed by atoms with Crippen LogP contribution in [-0.2, 0) is 19.1 Å². The summed E-state index contributed by atoms with van der Waals surface area (Å²) in [6.07, 6.45) is 12.2. The summed E-state index contributed by atoms with van der Waals surface area (Å²) in [4.78, 5) is 23.0. The van der Waals surface area contributed by atoms with E-state index in [2.05, 4.69) is 0 Å². The monoisotopic (exact) mass is 272 g/mol. The van der Waals surface area contributed by atoms with E-state index in [1.807, 2.05) is 24.3 Å². The van der Waals surface area contributed by atoms with E-state index < -0.39 is 0 Å². The normalized spacial score (nSPS) is 17.5. The lowest BCUT2D eigenvalue weighted by Gasteiger charge is -2.02. The molecule has 0 amide bonds. The minimum absolute atomic E-state index is 0.339. The predicted octanol–water partition coefficient (Wildman–Crippen LogP) is 2.40. The fourth-order valence-corrected chi connectivity index (χ4v) is 2.11. The molecule has 2 aliphatic rings. The fraction of sp³-hybridized carbons (Fsp3) is 0.250. The maximum Gasteiger partial charge on any atom is 0.337 e. The van der Waals surface area contributed by atoms with Crippen molar-refractivity contribution >= 4 is 11.9 Å². The van der Waals surface area contributed by atoms with E-state index in [0.717, 1.165) is 11.1 Å². The number of hydrogen-bond donors (Lipinski definition) is 0. The van der Waals surface area contributed by atoms with E-state index in [-0.39, 0.29) is 11.9 Å². The zero-order valence-corrected chi connectivity index (χ0v) is 11.5. The van der Waals surface area contributed by atoms with Crippen molar-refractivity contribution in [1.29, 1.82) is 0 Å². The van der Waals surface area contributed by atoms with Gasteiger partial charge in [-0.1, -0.05) is 29.9 Å². The zero-order valence-electron chi connectivity index (χ0n) is 11.5. The van der Waals surface area contributed by atoms with Gasteiger partial charge in [0, 0.05) is 0 Å². The molecule has 0 N–H and O–H groups in total. The van der Waals surface area contributed by atoms with Crippen molar-refractivity contribution < 1.29 is 19.1 Å². The average molecular weight is 272 g/mol. The number of esters is 2. The smallest absolute Gasteiger partial charge is 0.337 e. The van der Waals surface area contributed by atoms with Gasteiger partial charge in [-0.2, -0.15) is 0 Å². The predicted molar refractivity (Wildman–Crippen MR) is 74.7 cm³/mol. The Labute approximate surface area is 117 Å². The summed E-state index contributed by atoms with van der Waals surface area (Å²) in [6, 6.07) is 0. The standard InChI is InChI=1S/C16H16O4/c1-19-15(17)13-7-3-11-5-9-14(16(18)20-2)10-6-12(11)4-8-13/h3,5,7-10H,4,6H2,1-2H3. The van der Waals surface area contributed by atoms with Gasteiger partial charge in [-0.25, -0.2) is 9.59 Å². The molecule has 0 aromatic rings. The molecule has 104 valence electrons. The molecule has 0 fully saturated rings. The van der Waals surface area contributed by atoms with Crippen LogP contribution in [0, 0.1) is 0 Å². The van der Waals surface area contributed by atoms with Crippen molar-refractivity contribution in [3.05, 3.63) is 58.7 Å². The first kappa shape index (κ1) is 14.1. The SMILES string of the molecule is COC(=O)C1=CCC2=C(C=C1)C=CC(C(=O)OC)=CC2. The van der Waals surface area contributed by atoms with E-state index in [0.29, 0.717) is 24.0 Å². The highest BCUT2D eigenvalue weighted by Crippen LogP contribution is 2.26. The second kappa shape index (κ2) is 6.19. The first-order chi connectivity index (χ1) is 9.65. The first-order valence-corrected chi connectivity index (χ1v) is 6.31. The molecule has 0 radical (unpaired) electrons. The molecular formula is C16H16O4. The summed E-state index contributed by atoms with van der Waals surface area (Å²) in [5.74, 6) is -0.678. The third-order valence-electron chi connectivity index (χ3n) is 3.27. The van der Waals surface area contributed by atoms with Crippen LogP contribution in [0.25, 0.3) is 0 Å². The third kappa shape index (κ3) is 2.96. The highest BCUT2D eigenvalue weighted by molar-refractivity contribution is 5.93. The Hall–Kier alpha value is -2.36. The minimum Gasteiger partial charge on any atom is -0.465 e. The molecular weight excluding hydrogens is 256 g/mol. The second-order valence-corrected chi connectivity index (χ2v) is 4.44. The van der Waals surface area contributed by atoms with Gasteiger partial charge < -0.3 is 9.47 Å². The van der Waals surface area contributed by atoms with Crippen molar-refractivity contribution in [3.63, 3.8) is 0 Å². The van der Waals surface area contributed by atoms with Crippen LogP contribution in [0.3, 0.4) is 0 Å². The van der Waals surface area contributed by atoms with Crippen LogP contribution in [-0.4, -0.2) is 26.2 Å². The number of hydrogen-bond acceptors (Lipinski definition) is 4. The van der Waals surface area contributed by atoms with Crippen LogP contribution in [0.15, 0.2) is 58.7 Å². The van der Waals surface area contributed by atoms with Crippen LogP contribution >= 0.6 is 0 Å². The van der Waals surface area contributed by atoms with Crippen molar-refractivity contribution in [2.75, 3.05) is 14.2 Å². The number of allylic oxidation sites excluding steroid dienone is 6. The number of methoxy groups -OCH3 is 2. The minimum atomic E-state index is -0.339. The molecule has 0 saturated heterocycles. The highest BCUT2D eigenvalue weighted by Gasteiger charge is 2.14. The van der Waals surface area contributed by atoms with Gasteiger partial charge in [0.1, 0.15) is 0 Å². The maximum absolute atomic E-state index is 11.5. The Bertz CT molecular complexity index is 536. The second-order valence-electron chi connectivity index (χ2n) is 4.44. The molecule has 0 heterocycles. The van der Waals surface area contributed by atoms with Crippen LogP contribution in [0.2, 0.25) is 0 Å². The molecule has 0 unspecified atom stereocenters. The van der Waals surface area contributed by atoms with Crippen LogP contribution in [0.5, 0.6) is 0 Å². The largest absolute Gasteiger partial charge is 0.465 e. The van der Waals surface area contributed by atoms with Crippen LogP contribution in [0.4, 0.5) is 0 Å². The van der Waals surface area contributed by atoms with Gasteiger partial charge in [0.25, 0.3) is 0 Å².